The molecule has 2 aromatic rings. The van der Waals surface area contributed by atoms with Gasteiger partial charge in [0, 0.05) is 5.69 Å². The Kier molecular flexibility index (Phi) is 5.77. The van der Waals surface area contributed by atoms with Gasteiger partial charge in [-0.25, -0.2) is 9.78 Å². The highest BCUT2D eigenvalue weighted by Gasteiger charge is 2.38. The Hall–Kier alpha value is -2.19. The Morgan fingerprint density at radius 3 is 2.79 bits per heavy atom. The summed E-state index contributed by atoms with van der Waals surface area (Å²) in [5.74, 6) is 1.14. The molecule has 1 aliphatic carbocycles. The van der Waals surface area contributed by atoms with Gasteiger partial charge in [0.25, 0.3) is 0 Å². The molecule has 2 fully saturated rings. The molecule has 1 unspecified atom stereocenters. The minimum atomic E-state index is -0.548. The van der Waals surface area contributed by atoms with Crippen LogP contribution in [0.15, 0.2) is 18.2 Å². The molecule has 0 radical (unpaired) electrons. The molecule has 0 bridgehead atoms. The first kappa shape index (κ1) is 19.1. The van der Waals surface area contributed by atoms with Crippen molar-refractivity contribution in [2.75, 3.05) is 24.3 Å². The lowest BCUT2D eigenvalue weighted by Gasteiger charge is -2.30. The molecule has 1 aromatic heterocycles. The third-order valence-corrected chi connectivity index (χ3v) is 6.79. The lowest BCUT2D eigenvalue weighted by Crippen LogP contribution is -2.42. The number of thiazole rings is 1. The smallest absolute Gasteiger partial charge is 0.413 e. The molecule has 1 aliphatic heterocycles. The number of nitrogens with one attached hydrogen (secondary N) is 3. The lowest BCUT2D eigenvalue weighted by atomic mass is 9.76. The fourth-order valence-corrected chi connectivity index (χ4v) is 5.39. The van der Waals surface area contributed by atoms with Crippen LogP contribution < -0.4 is 16.0 Å². The van der Waals surface area contributed by atoms with Crippen molar-refractivity contribution in [2.45, 2.75) is 44.6 Å². The van der Waals surface area contributed by atoms with E-state index in [1.807, 2.05) is 18.2 Å². The molecule has 2 heterocycles. The molecule has 2 atom stereocenters. The quantitative estimate of drug-likeness (QED) is 0.720. The van der Waals surface area contributed by atoms with Crippen LogP contribution in [0.25, 0.3) is 10.2 Å². The minimum Gasteiger partial charge on any atom is -0.453 e. The molecule has 1 aromatic carbocycles. The number of nitrogens with zero attached hydrogens (tertiary/aromatic N) is 1. The summed E-state index contributed by atoms with van der Waals surface area (Å²) in [7, 11) is 1.31. The number of carbonyl (C=O) groups excluding carboxylic acids is 2. The molecule has 0 spiro atoms. The van der Waals surface area contributed by atoms with Crippen molar-refractivity contribution in [1.82, 2.24) is 10.3 Å². The number of hydrogen-bond donors (Lipinski definition) is 3. The van der Waals surface area contributed by atoms with Gasteiger partial charge in [0.2, 0.25) is 5.91 Å². The second kappa shape index (κ2) is 8.45. The highest BCUT2D eigenvalue weighted by atomic mass is 32.1. The second-order valence-corrected chi connectivity index (χ2v) is 8.62. The lowest BCUT2D eigenvalue weighted by molar-refractivity contribution is -0.119. The number of hydrogen-bond acceptors (Lipinski definition) is 6. The first-order valence-electron chi connectivity index (χ1n) is 9.94. The Balaban J connectivity index is 1.44. The number of rotatable bonds is 4. The Labute approximate surface area is 168 Å². The van der Waals surface area contributed by atoms with Crippen molar-refractivity contribution in [3.05, 3.63) is 18.2 Å². The normalized spacial score (nSPS) is 22.9. The maximum atomic E-state index is 12.9. The number of carbonyl (C=O) groups is 2. The van der Waals surface area contributed by atoms with Crippen molar-refractivity contribution >= 4 is 44.4 Å². The number of ether oxygens (including phenoxy) is 1. The number of anilines is 2. The van der Waals surface area contributed by atoms with Crippen LogP contribution >= 0.6 is 11.3 Å². The van der Waals surface area contributed by atoms with Crippen LogP contribution in [0.5, 0.6) is 0 Å². The van der Waals surface area contributed by atoms with E-state index < -0.39 is 6.09 Å². The number of aromatic nitrogens is 1. The average Bonchev–Trinajstić information content (AvgIpc) is 3.34. The number of methoxy groups -OCH3 is 1. The van der Waals surface area contributed by atoms with Crippen LogP contribution in [0.3, 0.4) is 0 Å². The summed E-state index contributed by atoms with van der Waals surface area (Å²) in [6.45, 7) is 0.912. The molecular formula is C20H26N4O3S. The third-order valence-electron chi connectivity index (χ3n) is 5.86. The van der Waals surface area contributed by atoms with Crippen molar-refractivity contribution in [3.8, 4) is 0 Å². The topological polar surface area (TPSA) is 92.3 Å². The van der Waals surface area contributed by atoms with Gasteiger partial charge in [-0.3, -0.25) is 10.1 Å². The molecule has 1 saturated heterocycles. The van der Waals surface area contributed by atoms with Gasteiger partial charge in [-0.1, -0.05) is 43.4 Å². The van der Waals surface area contributed by atoms with Gasteiger partial charge in [0.1, 0.15) is 0 Å². The molecule has 150 valence electrons. The predicted octanol–water partition coefficient (Wildman–Crippen LogP) is 3.97. The van der Waals surface area contributed by atoms with E-state index in [9.17, 15) is 9.59 Å². The van der Waals surface area contributed by atoms with Crippen molar-refractivity contribution < 1.29 is 14.3 Å². The molecule has 1 saturated carbocycles. The van der Waals surface area contributed by atoms with E-state index in [2.05, 4.69) is 25.7 Å². The van der Waals surface area contributed by atoms with E-state index in [4.69, 9.17) is 0 Å². The highest BCUT2D eigenvalue weighted by Crippen LogP contribution is 2.36. The van der Waals surface area contributed by atoms with E-state index in [1.165, 1.54) is 50.6 Å². The third kappa shape index (κ3) is 4.12. The Morgan fingerprint density at radius 2 is 2.00 bits per heavy atom. The van der Waals surface area contributed by atoms with Crippen LogP contribution in [0.1, 0.15) is 38.5 Å². The number of amides is 2. The summed E-state index contributed by atoms with van der Waals surface area (Å²) in [4.78, 5) is 28.6. The average molecular weight is 403 g/mol. The largest absolute Gasteiger partial charge is 0.453 e. The summed E-state index contributed by atoms with van der Waals surface area (Å²) in [5.41, 5.74) is 1.52. The van der Waals surface area contributed by atoms with E-state index >= 15 is 0 Å². The predicted molar refractivity (Wildman–Crippen MR) is 111 cm³/mol. The standard InChI is InChI=1S/C20H26N4O3S/c1-27-20(26)24-19-23-15-8-7-13(11-16(15)28-19)22-18(25)17-14(9-10-21-17)12-5-3-2-4-6-12/h7-8,11-12,14,17,21H,2-6,9-10H2,1H3,(H,22,25)(H,23,24,26)/t14?,17-/m0/s1. The number of benzene rings is 1. The van der Waals surface area contributed by atoms with E-state index in [0.29, 0.717) is 17.0 Å². The Bertz CT molecular complexity index is 862. The van der Waals surface area contributed by atoms with Crippen molar-refractivity contribution in [3.63, 3.8) is 0 Å². The molecule has 3 N–H and O–H groups in total. The fraction of sp³-hybridized carbons (Fsp3) is 0.550. The first-order chi connectivity index (χ1) is 13.6. The highest BCUT2D eigenvalue weighted by molar-refractivity contribution is 7.22. The molecule has 28 heavy (non-hydrogen) atoms. The number of fused-ring (bicyclic) bond motifs is 1. The second-order valence-electron chi connectivity index (χ2n) is 7.59. The zero-order valence-corrected chi connectivity index (χ0v) is 16.8. The molecule has 4 rings (SSSR count). The summed E-state index contributed by atoms with van der Waals surface area (Å²) in [6, 6.07) is 5.49. The van der Waals surface area contributed by atoms with Crippen molar-refractivity contribution in [2.24, 2.45) is 11.8 Å². The summed E-state index contributed by atoms with van der Waals surface area (Å²) >= 11 is 1.35. The monoisotopic (exact) mass is 402 g/mol. The maximum Gasteiger partial charge on any atom is 0.413 e. The fourth-order valence-electron chi connectivity index (χ4n) is 4.50. The van der Waals surface area contributed by atoms with E-state index in [1.54, 1.807) is 0 Å². The van der Waals surface area contributed by atoms with Gasteiger partial charge in [0.15, 0.2) is 5.13 Å². The van der Waals surface area contributed by atoms with Crippen molar-refractivity contribution in [1.29, 1.82) is 0 Å². The zero-order chi connectivity index (χ0) is 19.5. The molecule has 7 nitrogen and oxygen atoms in total. The summed E-state index contributed by atoms with van der Waals surface area (Å²) < 4.78 is 5.49. The Morgan fingerprint density at radius 1 is 1.18 bits per heavy atom. The molecular weight excluding hydrogens is 376 g/mol. The maximum absolute atomic E-state index is 12.9. The van der Waals surface area contributed by atoms with Crippen LogP contribution in [-0.2, 0) is 9.53 Å². The van der Waals surface area contributed by atoms with Gasteiger partial charge in [-0.15, -0.1) is 0 Å². The van der Waals surface area contributed by atoms with Gasteiger partial charge in [-0.2, -0.15) is 0 Å². The van der Waals surface area contributed by atoms with Gasteiger partial charge >= 0.3 is 6.09 Å². The first-order valence-corrected chi connectivity index (χ1v) is 10.8. The van der Waals surface area contributed by atoms with Gasteiger partial charge in [0.05, 0.1) is 23.4 Å². The van der Waals surface area contributed by atoms with Crippen LogP contribution in [-0.4, -0.2) is 36.7 Å². The van der Waals surface area contributed by atoms with Crippen LogP contribution in [0.2, 0.25) is 0 Å². The zero-order valence-electron chi connectivity index (χ0n) is 16.0. The minimum absolute atomic E-state index is 0.0462. The van der Waals surface area contributed by atoms with Crippen LogP contribution in [0, 0.1) is 11.8 Å². The van der Waals surface area contributed by atoms with Crippen LogP contribution in [0.4, 0.5) is 15.6 Å². The van der Waals surface area contributed by atoms with Gasteiger partial charge in [-0.05, 0) is 43.0 Å². The van der Waals surface area contributed by atoms with E-state index in [-0.39, 0.29) is 11.9 Å². The van der Waals surface area contributed by atoms with E-state index in [0.717, 1.165) is 28.9 Å². The van der Waals surface area contributed by atoms with Gasteiger partial charge < -0.3 is 15.4 Å². The SMILES string of the molecule is COC(=O)Nc1nc2ccc(NC(=O)[C@H]3NCCC3C3CCCCC3)cc2s1. The summed E-state index contributed by atoms with van der Waals surface area (Å²) in [6.07, 6.45) is 6.94. The summed E-state index contributed by atoms with van der Waals surface area (Å²) in [5, 5.41) is 9.53. The molecule has 2 aliphatic rings. The molecule has 8 heteroatoms. The molecule has 2 amide bonds.